The van der Waals surface area contributed by atoms with E-state index in [4.69, 9.17) is 27.2 Å². The smallest absolute Gasteiger partial charge is 0.444 e. The van der Waals surface area contributed by atoms with Crippen molar-refractivity contribution in [2.45, 2.75) is 112 Å². The Balaban J connectivity index is 2.06. The summed E-state index contributed by atoms with van der Waals surface area (Å²) in [6, 6.07) is 14.9. The van der Waals surface area contributed by atoms with Crippen LogP contribution in [-0.4, -0.2) is 75.9 Å². The van der Waals surface area contributed by atoms with Gasteiger partial charge in [-0.15, -0.1) is 0 Å². The summed E-state index contributed by atoms with van der Waals surface area (Å²) < 4.78 is 71.0. The number of rotatable bonds is 26. The molecule has 1 atom stereocenters. The molecule has 12 nitrogen and oxygen atoms in total. The van der Waals surface area contributed by atoms with Crippen LogP contribution in [0, 0.1) is 11.8 Å². The van der Waals surface area contributed by atoms with Crippen LogP contribution in [0.3, 0.4) is 0 Å². The fraction of sp³-hybridized carbons (Fsp3) is 0.667. The summed E-state index contributed by atoms with van der Waals surface area (Å²) in [6.07, 6.45) is 5.76. The maximum atomic E-state index is 13.6. The molecule has 0 aromatic heterocycles. The monoisotopic (exact) mass is 785 g/mol. The number of phosphoric acid groups is 1. The Labute approximate surface area is 318 Å². The summed E-state index contributed by atoms with van der Waals surface area (Å²) >= 11 is 0. The molecule has 1 N–H and O–H groups in total. The number of hydrogen-bond acceptors (Lipinski definition) is 11. The third-order valence-electron chi connectivity index (χ3n) is 7.60. The number of nitrogens with zero attached hydrogens (tertiary/aromatic N) is 1. The molecular formula is C39H64NO11PS. The first-order chi connectivity index (χ1) is 24.9. The summed E-state index contributed by atoms with van der Waals surface area (Å²) in [4.78, 5) is 14.7. The summed E-state index contributed by atoms with van der Waals surface area (Å²) in [5.41, 5.74) is 1.16. The molecule has 0 aliphatic heterocycles. The Bertz CT molecular complexity index is 1480. The van der Waals surface area contributed by atoms with Crippen LogP contribution in [0.4, 0.5) is 4.79 Å². The third kappa shape index (κ3) is 21.2. The molecular weight excluding hydrogens is 721 g/mol. The number of ether oxygens (including phenoxy) is 2. The minimum absolute atomic E-state index is 0.0145. The topological polar surface area (TPSA) is 147 Å². The van der Waals surface area contributed by atoms with Gasteiger partial charge < -0.3 is 24.0 Å². The van der Waals surface area contributed by atoms with E-state index in [-0.39, 0.29) is 42.9 Å². The van der Waals surface area contributed by atoms with Crippen LogP contribution < -0.4 is 4.52 Å². The first kappa shape index (κ1) is 46.6. The maximum absolute atomic E-state index is 13.6. The molecule has 2 aromatic rings. The van der Waals surface area contributed by atoms with Crippen molar-refractivity contribution in [3.63, 3.8) is 0 Å². The van der Waals surface area contributed by atoms with Crippen molar-refractivity contribution in [1.82, 2.24) is 4.90 Å². The average Bonchev–Trinajstić information content (AvgIpc) is 3.07. The van der Waals surface area contributed by atoms with Gasteiger partial charge in [-0.3, -0.25) is 13.2 Å². The van der Waals surface area contributed by atoms with Gasteiger partial charge in [-0.2, -0.15) is 8.42 Å². The number of carbonyl (C=O) groups is 1. The number of hydrogen-bond donors (Lipinski definition) is 1. The zero-order chi connectivity index (χ0) is 39.5. The van der Waals surface area contributed by atoms with Crippen molar-refractivity contribution in [3.8, 4) is 5.75 Å². The van der Waals surface area contributed by atoms with E-state index in [9.17, 15) is 22.9 Å². The molecule has 53 heavy (non-hydrogen) atoms. The van der Waals surface area contributed by atoms with Crippen LogP contribution in [0.25, 0.3) is 0 Å². The summed E-state index contributed by atoms with van der Waals surface area (Å²) in [7, 11) is -7.99. The molecule has 14 heteroatoms. The van der Waals surface area contributed by atoms with Gasteiger partial charge in [0, 0.05) is 25.3 Å². The molecule has 1 unspecified atom stereocenters. The van der Waals surface area contributed by atoms with Gasteiger partial charge in [0.1, 0.15) is 11.4 Å². The quantitative estimate of drug-likeness (QED) is 0.0554. The Hall–Kier alpha value is -2.51. The Morgan fingerprint density at radius 2 is 1.47 bits per heavy atom. The van der Waals surface area contributed by atoms with Crippen LogP contribution in [0.1, 0.15) is 110 Å². The predicted molar refractivity (Wildman–Crippen MR) is 207 cm³/mol. The molecule has 0 bridgehead atoms. The van der Waals surface area contributed by atoms with Gasteiger partial charge in [0.15, 0.2) is 0 Å². The standard InChI is InChI=1S/C39H64NO11PS/c1-31(2)28-47-52(43,48-29-32(3)4)51-37-22-21-34(26-35(37)30-49-53(8,44)45)36(41)27-40(38(42)50-39(5,6)7)23-15-9-10-16-24-46-25-17-14-20-33-18-12-11-13-19-33/h11-13,18-19,21-22,26,31-32,36,41H,9-10,14-17,20,23-25,27-30H2,1-8H3. The SMILES string of the molecule is CC(C)COP(=O)(OCC(C)C)Oc1ccc(C(O)CN(CCCCCCOCCCCc2ccccc2)C(=O)OC(C)(C)C)cc1COS(C)(=O)=O. The number of aliphatic hydroxyl groups excluding tert-OH is 1. The van der Waals surface area contributed by atoms with Gasteiger partial charge in [-0.05, 0) is 88.0 Å². The molecule has 2 rings (SSSR count). The second kappa shape index (κ2) is 23.4. The van der Waals surface area contributed by atoms with Crippen LogP contribution in [-0.2, 0) is 50.4 Å². The molecule has 0 saturated carbocycles. The largest absolute Gasteiger partial charge is 0.530 e. The highest BCUT2D eigenvalue weighted by Crippen LogP contribution is 2.51. The van der Waals surface area contributed by atoms with Crippen molar-refractivity contribution >= 4 is 24.0 Å². The lowest BCUT2D eigenvalue weighted by atomic mass is 10.0. The average molecular weight is 786 g/mol. The lowest BCUT2D eigenvalue weighted by molar-refractivity contribution is 0.0140. The number of carbonyl (C=O) groups excluding carboxylic acids is 1. The third-order valence-corrected chi connectivity index (χ3v) is 9.50. The summed E-state index contributed by atoms with van der Waals surface area (Å²) in [6.45, 7) is 14.4. The minimum atomic E-state index is -4.12. The normalized spacial score (nSPS) is 13.0. The lowest BCUT2D eigenvalue weighted by Gasteiger charge is -2.29. The van der Waals surface area contributed by atoms with E-state index in [1.165, 1.54) is 22.6 Å². The van der Waals surface area contributed by atoms with Crippen molar-refractivity contribution in [2.24, 2.45) is 11.8 Å². The van der Waals surface area contributed by atoms with Crippen molar-refractivity contribution in [3.05, 3.63) is 65.2 Å². The number of benzene rings is 2. The molecule has 2 aromatic carbocycles. The second-order valence-electron chi connectivity index (χ2n) is 15.2. The summed E-state index contributed by atoms with van der Waals surface area (Å²) in [5, 5.41) is 11.4. The number of aliphatic hydroxyl groups is 1. The first-order valence-corrected chi connectivity index (χ1v) is 22.0. The first-order valence-electron chi connectivity index (χ1n) is 18.7. The molecule has 1 amide bonds. The van der Waals surface area contributed by atoms with Gasteiger partial charge in [-0.1, -0.05) is 76.9 Å². The van der Waals surface area contributed by atoms with Gasteiger partial charge in [0.05, 0.1) is 38.7 Å². The highest BCUT2D eigenvalue weighted by molar-refractivity contribution is 7.85. The van der Waals surface area contributed by atoms with E-state index < -0.39 is 42.3 Å². The van der Waals surface area contributed by atoms with Crippen molar-refractivity contribution < 1.29 is 50.1 Å². The number of unbranched alkanes of at least 4 members (excludes halogenated alkanes) is 4. The predicted octanol–water partition coefficient (Wildman–Crippen LogP) is 8.87. The van der Waals surface area contributed by atoms with E-state index in [1.54, 1.807) is 26.8 Å². The maximum Gasteiger partial charge on any atom is 0.530 e. The lowest BCUT2D eigenvalue weighted by Crippen LogP contribution is -2.39. The Morgan fingerprint density at radius 1 is 0.868 bits per heavy atom. The van der Waals surface area contributed by atoms with Gasteiger partial charge >= 0.3 is 13.9 Å². The van der Waals surface area contributed by atoms with Gasteiger partial charge in [-0.25, -0.2) is 9.36 Å². The van der Waals surface area contributed by atoms with E-state index in [0.717, 1.165) is 51.4 Å². The van der Waals surface area contributed by atoms with E-state index in [0.29, 0.717) is 25.1 Å². The van der Waals surface area contributed by atoms with Crippen molar-refractivity contribution in [1.29, 1.82) is 0 Å². The molecule has 0 heterocycles. The molecule has 0 radical (unpaired) electrons. The fourth-order valence-corrected chi connectivity index (χ4v) is 6.81. The van der Waals surface area contributed by atoms with Gasteiger partial charge in [0.25, 0.3) is 10.1 Å². The molecule has 0 aliphatic carbocycles. The van der Waals surface area contributed by atoms with Crippen molar-refractivity contribution in [2.75, 3.05) is 45.8 Å². The minimum Gasteiger partial charge on any atom is -0.444 e. The van der Waals surface area contributed by atoms with Gasteiger partial charge in [0.2, 0.25) is 0 Å². The zero-order valence-electron chi connectivity index (χ0n) is 33.1. The summed E-state index contributed by atoms with van der Waals surface area (Å²) in [5.74, 6) is 0.0841. The molecule has 0 saturated heterocycles. The fourth-order valence-electron chi connectivity index (χ4n) is 4.91. The Kier molecular flexibility index (Phi) is 20.6. The zero-order valence-corrected chi connectivity index (χ0v) is 34.8. The molecule has 0 spiro atoms. The number of phosphoric ester groups is 1. The van der Waals surface area contributed by atoms with Crippen LogP contribution in [0.5, 0.6) is 5.75 Å². The van der Waals surface area contributed by atoms with Crippen LogP contribution in [0.15, 0.2) is 48.5 Å². The van der Waals surface area contributed by atoms with E-state index in [2.05, 4.69) is 24.3 Å². The highest BCUT2D eigenvalue weighted by atomic mass is 32.2. The highest BCUT2D eigenvalue weighted by Gasteiger charge is 2.31. The molecule has 302 valence electrons. The second-order valence-corrected chi connectivity index (χ2v) is 18.4. The Morgan fingerprint density at radius 3 is 2.06 bits per heavy atom. The molecule has 0 fully saturated rings. The van der Waals surface area contributed by atoms with E-state index in [1.807, 2.05) is 33.8 Å². The van der Waals surface area contributed by atoms with Crippen LogP contribution >= 0.6 is 7.82 Å². The number of amides is 1. The molecule has 0 aliphatic rings. The van der Waals surface area contributed by atoms with E-state index >= 15 is 0 Å². The van der Waals surface area contributed by atoms with Crippen LogP contribution in [0.2, 0.25) is 0 Å². The number of aryl methyl sites for hydroxylation is 1.